The Hall–Kier alpha value is -0.940. The lowest BCUT2D eigenvalue weighted by Gasteiger charge is -2.27. The van der Waals surface area contributed by atoms with Crippen molar-refractivity contribution in [1.82, 2.24) is 0 Å². The van der Waals surface area contributed by atoms with Crippen LogP contribution in [0.3, 0.4) is 0 Å². The van der Waals surface area contributed by atoms with Gasteiger partial charge in [0.15, 0.2) is 0 Å². The van der Waals surface area contributed by atoms with Crippen LogP contribution in [0.1, 0.15) is 98.3 Å². The molecule has 0 aliphatic heterocycles. The van der Waals surface area contributed by atoms with E-state index >= 15 is 0 Å². The van der Waals surface area contributed by atoms with Crippen molar-refractivity contribution in [2.45, 2.75) is 98.3 Å². The molecule has 2 fully saturated rings. The molecule has 0 radical (unpaired) electrons. The lowest BCUT2D eigenvalue weighted by Crippen LogP contribution is -2.21. The Morgan fingerprint density at radius 3 is 1.90 bits per heavy atom. The molecule has 0 aromatic carbocycles. The first-order chi connectivity index (χ1) is 14.4. The molecule has 1 amide bonds. The second kappa shape index (κ2) is 18.8. The number of primary amides is 1. The number of hydrogen-bond acceptors (Lipinski definition) is 4. The fourth-order valence-corrected chi connectivity index (χ4v) is 4.26. The highest BCUT2D eigenvalue weighted by atomic mass is 16.5. The van der Waals surface area contributed by atoms with E-state index in [0.29, 0.717) is 30.6 Å². The number of rotatable bonds is 10. The molecule has 0 spiro atoms. The van der Waals surface area contributed by atoms with Gasteiger partial charge in [0.1, 0.15) is 5.78 Å². The second-order valence-electron chi connectivity index (χ2n) is 8.88. The highest BCUT2D eigenvalue weighted by Gasteiger charge is 2.23. The maximum absolute atomic E-state index is 11.5. The van der Waals surface area contributed by atoms with E-state index in [-0.39, 0.29) is 11.8 Å². The topological polar surface area (TPSA) is 78.6 Å². The number of ketones is 1. The highest BCUT2D eigenvalue weighted by molar-refractivity contribution is 5.82. The summed E-state index contributed by atoms with van der Waals surface area (Å²) < 4.78 is 10.8. The Kier molecular flexibility index (Phi) is 18.2. The summed E-state index contributed by atoms with van der Waals surface area (Å²) in [6.07, 6.45) is 12.3. The van der Waals surface area contributed by atoms with E-state index in [4.69, 9.17) is 15.2 Å². The molecule has 0 saturated heterocycles. The monoisotopic (exact) mass is 427 g/mol. The highest BCUT2D eigenvalue weighted by Crippen LogP contribution is 2.29. The third kappa shape index (κ3) is 14.1. The molecule has 2 N–H and O–H groups in total. The lowest BCUT2D eigenvalue weighted by molar-refractivity contribution is -0.126. The van der Waals surface area contributed by atoms with Gasteiger partial charge < -0.3 is 15.2 Å². The molecule has 0 heterocycles. The van der Waals surface area contributed by atoms with E-state index in [9.17, 15) is 9.59 Å². The molecule has 0 bridgehead atoms. The summed E-state index contributed by atoms with van der Waals surface area (Å²) in [7, 11) is 1.77. The molecule has 0 aromatic heterocycles. The van der Waals surface area contributed by atoms with Crippen LogP contribution < -0.4 is 5.73 Å². The zero-order chi connectivity index (χ0) is 22.8. The van der Waals surface area contributed by atoms with Crippen LogP contribution in [0.5, 0.6) is 0 Å². The minimum absolute atomic E-state index is 0.242. The second-order valence-corrected chi connectivity index (χ2v) is 8.88. The van der Waals surface area contributed by atoms with E-state index in [2.05, 4.69) is 0 Å². The number of hydrogen-bond donors (Lipinski definition) is 1. The molecule has 0 aromatic rings. The summed E-state index contributed by atoms with van der Waals surface area (Å²) in [5.74, 6) is 2.34. The van der Waals surface area contributed by atoms with Crippen molar-refractivity contribution in [3.8, 4) is 0 Å². The smallest absolute Gasteiger partial charge is 0.217 e. The number of ether oxygens (including phenoxy) is 2. The number of nitrogens with two attached hydrogens (primary N) is 1. The summed E-state index contributed by atoms with van der Waals surface area (Å²) in [5.41, 5.74) is 5.05. The van der Waals surface area contributed by atoms with Crippen LogP contribution in [0.2, 0.25) is 0 Å². The van der Waals surface area contributed by atoms with Gasteiger partial charge in [0, 0.05) is 45.2 Å². The molecular formula is C25H49NO4. The van der Waals surface area contributed by atoms with Crippen molar-refractivity contribution in [2.75, 3.05) is 26.9 Å². The molecule has 30 heavy (non-hydrogen) atoms. The summed E-state index contributed by atoms with van der Waals surface area (Å²) in [4.78, 5) is 22.0. The third-order valence-corrected chi connectivity index (χ3v) is 6.01. The fourth-order valence-electron chi connectivity index (χ4n) is 4.26. The SMILES string of the molecule is CC.CC(C)C(=O)C1CCCCC1.COCC1CCC(COCCCC(N)=O)CC1. The van der Waals surface area contributed by atoms with Crippen LogP contribution in [-0.4, -0.2) is 38.6 Å². The number of carbonyl (C=O) groups is 2. The maximum Gasteiger partial charge on any atom is 0.217 e. The van der Waals surface area contributed by atoms with Crippen molar-refractivity contribution < 1.29 is 19.1 Å². The van der Waals surface area contributed by atoms with Crippen molar-refractivity contribution in [1.29, 1.82) is 0 Å². The van der Waals surface area contributed by atoms with Crippen LogP contribution in [0, 0.1) is 23.7 Å². The first-order valence-corrected chi connectivity index (χ1v) is 12.3. The minimum atomic E-state index is -0.242. The van der Waals surface area contributed by atoms with Gasteiger partial charge in [0.05, 0.1) is 0 Å². The van der Waals surface area contributed by atoms with Gasteiger partial charge in [-0.25, -0.2) is 0 Å². The van der Waals surface area contributed by atoms with Crippen LogP contribution in [0.4, 0.5) is 0 Å². The molecule has 2 aliphatic carbocycles. The summed E-state index contributed by atoms with van der Waals surface area (Å²) in [6, 6.07) is 0. The van der Waals surface area contributed by atoms with Gasteiger partial charge in [-0.15, -0.1) is 0 Å². The number of amides is 1. The van der Waals surface area contributed by atoms with Gasteiger partial charge in [0.2, 0.25) is 5.91 Å². The maximum atomic E-state index is 11.5. The van der Waals surface area contributed by atoms with Gasteiger partial charge >= 0.3 is 0 Å². The Bertz CT molecular complexity index is 425. The fraction of sp³-hybridized carbons (Fsp3) is 0.920. The van der Waals surface area contributed by atoms with Crippen molar-refractivity contribution >= 4 is 11.7 Å². The predicted octanol–water partition coefficient (Wildman–Crippen LogP) is 5.54. The average Bonchev–Trinajstić information content (AvgIpc) is 2.76. The van der Waals surface area contributed by atoms with E-state index in [1.54, 1.807) is 7.11 Å². The zero-order valence-electron chi connectivity index (χ0n) is 20.4. The minimum Gasteiger partial charge on any atom is -0.384 e. The molecule has 178 valence electrons. The van der Waals surface area contributed by atoms with Crippen LogP contribution in [-0.2, 0) is 19.1 Å². The molecule has 0 atom stereocenters. The first-order valence-electron chi connectivity index (χ1n) is 12.3. The van der Waals surface area contributed by atoms with Crippen LogP contribution in [0.15, 0.2) is 0 Å². The van der Waals surface area contributed by atoms with Gasteiger partial charge in [-0.1, -0.05) is 47.0 Å². The summed E-state index contributed by atoms with van der Waals surface area (Å²) in [6.45, 7) is 10.4. The normalized spacial score (nSPS) is 21.8. The molecule has 2 saturated carbocycles. The molecule has 0 unspecified atom stereocenters. The Morgan fingerprint density at radius 1 is 0.900 bits per heavy atom. The third-order valence-electron chi connectivity index (χ3n) is 6.01. The summed E-state index contributed by atoms with van der Waals surface area (Å²) in [5, 5.41) is 0. The average molecular weight is 428 g/mol. The number of methoxy groups -OCH3 is 1. The van der Waals surface area contributed by atoms with E-state index < -0.39 is 0 Å². The summed E-state index contributed by atoms with van der Waals surface area (Å²) >= 11 is 0. The lowest BCUT2D eigenvalue weighted by atomic mass is 9.83. The van der Waals surface area contributed by atoms with Gasteiger partial charge in [-0.2, -0.15) is 0 Å². The largest absolute Gasteiger partial charge is 0.384 e. The Morgan fingerprint density at radius 2 is 1.43 bits per heavy atom. The molecule has 5 heteroatoms. The Labute approximate surface area is 185 Å². The Balaban J connectivity index is 0.000000557. The van der Waals surface area contributed by atoms with Crippen LogP contribution in [0.25, 0.3) is 0 Å². The van der Waals surface area contributed by atoms with Crippen molar-refractivity contribution in [2.24, 2.45) is 29.4 Å². The zero-order valence-corrected chi connectivity index (χ0v) is 20.4. The van der Waals surface area contributed by atoms with Gasteiger partial charge in [-0.3, -0.25) is 9.59 Å². The van der Waals surface area contributed by atoms with Gasteiger partial charge in [-0.05, 0) is 56.8 Å². The van der Waals surface area contributed by atoms with Crippen molar-refractivity contribution in [3.05, 3.63) is 0 Å². The predicted molar refractivity (Wildman–Crippen MR) is 124 cm³/mol. The van der Waals surface area contributed by atoms with E-state index in [1.807, 2.05) is 27.7 Å². The standard InChI is InChI=1S/C13H25NO3.C10H18O.C2H6/c1-16-9-11-4-6-12(7-5-11)10-17-8-2-3-13(14)15;1-8(2)10(11)9-6-4-3-5-7-9;1-2/h11-12H,2-10H2,1H3,(H2,14,15);8-9H,3-7H2,1-2H3;1-2H3. The molecule has 5 nitrogen and oxygen atoms in total. The van der Waals surface area contributed by atoms with E-state index in [0.717, 1.165) is 38.4 Å². The van der Waals surface area contributed by atoms with Crippen LogP contribution >= 0.6 is 0 Å². The first kappa shape index (κ1) is 29.1. The molecular weight excluding hydrogens is 378 g/mol. The number of Topliss-reactive ketones (excluding diaryl/α,β-unsaturated/α-hetero) is 1. The molecule has 2 rings (SSSR count). The van der Waals surface area contributed by atoms with Crippen molar-refractivity contribution in [3.63, 3.8) is 0 Å². The van der Waals surface area contributed by atoms with Gasteiger partial charge in [0.25, 0.3) is 0 Å². The quantitative estimate of drug-likeness (QED) is 0.464. The van der Waals surface area contributed by atoms with E-state index in [1.165, 1.54) is 44.9 Å². The number of carbonyl (C=O) groups excluding carboxylic acids is 2. The molecule has 2 aliphatic rings.